The highest BCUT2D eigenvalue weighted by Gasteiger charge is 2.28. The predicted octanol–water partition coefficient (Wildman–Crippen LogP) is 6.68. The summed E-state index contributed by atoms with van der Waals surface area (Å²) in [6.45, 7) is 0.322. The highest BCUT2D eigenvalue weighted by atomic mass is 35.5. The van der Waals surface area contributed by atoms with Crippen LogP contribution < -0.4 is 9.47 Å². The average molecular weight is 450 g/mol. The molecule has 0 spiro atoms. The minimum absolute atomic E-state index is 0.140. The first-order valence-corrected chi connectivity index (χ1v) is 10.4. The van der Waals surface area contributed by atoms with E-state index in [0.717, 1.165) is 22.0 Å². The summed E-state index contributed by atoms with van der Waals surface area (Å²) in [6, 6.07) is 18.6. The van der Waals surface area contributed by atoms with Crippen LogP contribution in [0.15, 0.2) is 72.6 Å². The molecule has 31 heavy (non-hydrogen) atoms. The zero-order chi connectivity index (χ0) is 21.5. The van der Waals surface area contributed by atoms with Crippen molar-refractivity contribution in [2.45, 2.75) is 6.61 Å². The molecule has 154 valence electrons. The van der Waals surface area contributed by atoms with Crippen molar-refractivity contribution < 1.29 is 14.3 Å². The van der Waals surface area contributed by atoms with Crippen molar-refractivity contribution in [3.8, 4) is 11.5 Å². The van der Waals surface area contributed by atoms with Gasteiger partial charge in [-0.1, -0.05) is 47.5 Å². The molecule has 1 aromatic heterocycles. The fourth-order valence-electron chi connectivity index (χ4n) is 3.68. The first-order chi connectivity index (χ1) is 15.0. The molecule has 0 saturated carbocycles. The lowest BCUT2D eigenvalue weighted by Crippen LogP contribution is -1.98. The van der Waals surface area contributed by atoms with Crippen LogP contribution in [-0.4, -0.2) is 10.4 Å². The molecule has 4 nitrogen and oxygen atoms in total. The predicted molar refractivity (Wildman–Crippen MR) is 123 cm³/mol. The number of allylic oxidation sites excluding steroid dienone is 1. The highest BCUT2D eigenvalue weighted by molar-refractivity contribution is 6.42. The van der Waals surface area contributed by atoms with E-state index < -0.39 is 0 Å². The highest BCUT2D eigenvalue weighted by Crippen LogP contribution is 2.36. The third kappa shape index (κ3) is 3.69. The maximum absolute atomic E-state index is 12.8. The van der Waals surface area contributed by atoms with Crippen LogP contribution in [-0.2, 0) is 13.7 Å². The lowest BCUT2D eigenvalue weighted by Gasteiger charge is -2.08. The Balaban J connectivity index is 1.38. The molecule has 0 unspecified atom stereocenters. The molecule has 0 fully saturated rings. The summed E-state index contributed by atoms with van der Waals surface area (Å²) in [5.41, 5.74) is 3.44. The number of para-hydroxylation sites is 1. The number of nitrogens with zero attached hydrogens (tertiary/aromatic N) is 1. The molecule has 1 aliphatic heterocycles. The summed E-state index contributed by atoms with van der Waals surface area (Å²) in [5.74, 6) is 1.25. The van der Waals surface area contributed by atoms with E-state index in [1.807, 2.05) is 48.1 Å². The maximum Gasteiger partial charge on any atom is 0.231 e. The van der Waals surface area contributed by atoms with Crippen molar-refractivity contribution in [2.24, 2.45) is 7.05 Å². The molecular weight excluding hydrogens is 433 g/mol. The number of aromatic nitrogens is 1. The zero-order valence-electron chi connectivity index (χ0n) is 16.6. The summed E-state index contributed by atoms with van der Waals surface area (Å²) in [6.07, 6.45) is 3.78. The van der Waals surface area contributed by atoms with Gasteiger partial charge < -0.3 is 14.0 Å². The first-order valence-electron chi connectivity index (χ1n) is 9.69. The lowest BCUT2D eigenvalue weighted by molar-refractivity contribution is 0.101. The number of benzene rings is 3. The van der Waals surface area contributed by atoms with Gasteiger partial charge in [0.2, 0.25) is 5.78 Å². The van der Waals surface area contributed by atoms with Crippen molar-refractivity contribution in [1.29, 1.82) is 0 Å². The number of hydrogen-bond donors (Lipinski definition) is 0. The molecule has 2 heterocycles. The molecule has 6 heteroatoms. The van der Waals surface area contributed by atoms with Crippen LogP contribution in [0.5, 0.6) is 11.5 Å². The van der Waals surface area contributed by atoms with Crippen molar-refractivity contribution in [3.05, 3.63) is 99.4 Å². The largest absolute Gasteiger partial charge is 0.489 e. The van der Waals surface area contributed by atoms with E-state index in [9.17, 15) is 4.79 Å². The van der Waals surface area contributed by atoms with Gasteiger partial charge in [-0.05, 0) is 42.0 Å². The molecule has 0 saturated heterocycles. The third-order valence-electron chi connectivity index (χ3n) is 5.25. The number of ketones is 1. The van der Waals surface area contributed by atoms with Gasteiger partial charge in [0.1, 0.15) is 18.1 Å². The SMILES string of the molecule is Cn1cc(/C=C2/Oc3cc(OCc4ccc(Cl)c(Cl)c4)ccc3C2=O)c2ccccc21. The van der Waals surface area contributed by atoms with E-state index in [1.165, 1.54) is 0 Å². The molecule has 0 atom stereocenters. The first kappa shape index (κ1) is 19.7. The van der Waals surface area contributed by atoms with Gasteiger partial charge in [0.25, 0.3) is 0 Å². The molecule has 0 radical (unpaired) electrons. The van der Waals surface area contributed by atoms with Crippen molar-refractivity contribution in [2.75, 3.05) is 0 Å². The molecule has 1 aliphatic rings. The molecule has 5 rings (SSSR count). The molecule has 3 aromatic carbocycles. The molecule has 0 bridgehead atoms. The standard InChI is InChI=1S/C25H17Cl2NO3/c1-28-13-16(18-4-2-3-5-22(18)28)11-24-25(29)19-8-7-17(12-23(19)31-24)30-14-15-6-9-20(26)21(27)10-15/h2-13H,14H2,1H3/b24-11+. The lowest BCUT2D eigenvalue weighted by atomic mass is 10.1. The Bertz CT molecular complexity index is 1370. The number of rotatable bonds is 4. The normalized spacial score (nSPS) is 14.2. The fourth-order valence-corrected chi connectivity index (χ4v) is 4.00. The van der Waals surface area contributed by atoms with E-state index in [-0.39, 0.29) is 5.78 Å². The van der Waals surface area contributed by atoms with Crippen LogP contribution in [0, 0.1) is 0 Å². The van der Waals surface area contributed by atoms with Gasteiger partial charge in [-0.3, -0.25) is 4.79 Å². The maximum atomic E-state index is 12.8. The van der Waals surface area contributed by atoms with Gasteiger partial charge in [-0.2, -0.15) is 0 Å². The van der Waals surface area contributed by atoms with Crippen LogP contribution in [0.1, 0.15) is 21.5 Å². The second-order valence-corrected chi connectivity index (χ2v) is 8.16. The van der Waals surface area contributed by atoms with Gasteiger partial charge in [0.05, 0.1) is 15.6 Å². The summed E-state index contributed by atoms with van der Waals surface area (Å²) in [4.78, 5) is 12.8. The van der Waals surface area contributed by atoms with E-state index in [4.69, 9.17) is 32.7 Å². The molecule has 0 amide bonds. The number of fused-ring (bicyclic) bond motifs is 2. The third-order valence-corrected chi connectivity index (χ3v) is 5.98. The smallest absolute Gasteiger partial charge is 0.231 e. The van der Waals surface area contributed by atoms with Crippen molar-refractivity contribution in [1.82, 2.24) is 4.57 Å². The molecular formula is C25H17Cl2NO3. The Morgan fingerprint density at radius 2 is 1.87 bits per heavy atom. The average Bonchev–Trinajstić information content (AvgIpc) is 3.25. The fraction of sp³-hybridized carbons (Fsp3) is 0.0800. The van der Waals surface area contributed by atoms with E-state index >= 15 is 0 Å². The summed E-state index contributed by atoms with van der Waals surface area (Å²) >= 11 is 12.0. The number of hydrogen-bond acceptors (Lipinski definition) is 3. The second-order valence-electron chi connectivity index (χ2n) is 7.35. The number of halogens is 2. The zero-order valence-corrected chi connectivity index (χ0v) is 18.1. The van der Waals surface area contributed by atoms with E-state index in [0.29, 0.717) is 39.5 Å². The molecule has 4 aromatic rings. The number of carbonyl (C=O) groups is 1. The summed E-state index contributed by atoms with van der Waals surface area (Å²) in [7, 11) is 1.98. The van der Waals surface area contributed by atoms with Gasteiger partial charge in [0, 0.05) is 35.8 Å². The monoisotopic (exact) mass is 449 g/mol. The summed E-state index contributed by atoms with van der Waals surface area (Å²) in [5, 5.41) is 2.05. The number of carbonyl (C=O) groups excluding carboxylic acids is 1. The minimum Gasteiger partial charge on any atom is -0.489 e. The number of ether oxygens (including phenoxy) is 2. The van der Waals surface area contributed by atoms with Crippen LogP contribution in [0.4, 0.5) is 0 Å². The Morgan fingerprint density at radius 3 is 2.71 bits per heavy atom. The van der Waals surface area contributed by atoms with Gasteiger partial charge >= 0.3 is 0 Å². The second kappa shape index (κ2) is 7.80. The van der Waals surface area contributed by atoms with Gasteiger partial charge in [-0.25, -0.2) is 0 Å². The Hall–Kier alpha value is -3.21. The van der Waals surface area contributed by atoms with E-state index in [1.54, 1.807) is 36.4 Å². The van der Waals surface area contributed by atoms with Crippen LogP contribution in [0.3, 0.4) is 0 Å². The summed E-state index contributed by atoms with van der Waals surface area (Å²) < 4.78 is 13.8. The van der Waals surface area contributed by atoms with Crippen molar-refractivity contribution >= 4 is 46.0 Å². The Morgan fingerprint density at radius 1 is 1.03 bits per heavy atom. The van der Waals surface area contributed by atoms with Crippen LogP contribution in [0.2, 0.25) is 10.0 Å². The van der Waals surface area contributed by atoms with E-state index in [2.05, 4.69) is 0 Å². The van der Waals surface area contributed by atoms with Gasteiger partial charge in [-0.15, -0.1) is 0 Å². The Labute approximate surface area is 189 Å². The molecule has 0 N–H and O–H groups in total. The van der Waals surface area contributed by atoms with Crippen LogP contribution >= 0.6 is 23.2 Å². The molecule has 0 aliphatic carbocycles. The van der Waals surface area contributed by atoms with Crippen molar-refractivity contribution in [3.63, 3.8) is 0 Å². The number of aryl methyl sites for hydroxylation is 1. The number of Topliss-reactive ketones (excluding diaryl/α,β-unsaturated/α-hetero) is 1. The van der Waals surface area contributed by atoms with Gasteiger partial charge in [0.15, 0.2) is 5.76 Å². The van der Waals surface area contributed by atoms with Crippen LogP contribution in [0.25, 0.3) is 17.0 Å². The topological polar surface area (TPSA) is 40.5 Å². The minimum atomic E-state index is -0.140. The Kier molecular flexibility index (Phi) is 4.97. The quantitative estimate of drug-likeness (QED) is 0.326.